The van der Waals surface area contributed by atoms with Crippen molar-refractivity contribution < 1.29 is 4.74 Å². The van der Waals surface area contributed by atoms with Crippen LogP contribution in [0.3, 0.4) is 0 Å². The van der Waals surface area contributed by atoms with Gasteiger partial charge < -0.3 is 10.2 Å². The van der Waals surface area contributed by atoms with E-state index in [9.17, 15) is 0 Å². The van der Waals surface area contributed by atoms with Gasteiger partial charge in [-0.25, -0.2) is 10.8 Å². The second kappa shape index (κ2) is 6.16. The average molecular weight is 370 g/mol. The van der Waals surface area contributed by atoms with Crippen LogP contribution in [0.5, 0.6) is 11.6 Å². The highest BCUT2D eigenvalue weighted by molar-refractivity contribution is 14.1. The smallest absolute Gasteiger partial charge is 0.224 e. The molecular formula is C13H15IN4O. The van der Waals surface area contributed by atoms with E-state index in [0.717, 1.165) is 9.32 Å². The van der Waals surface area contributed by atoms with E-state index in [4.69, 9.17) is 10.6 Å². The number of nitrogens with two attached hydrogens (primary N) is 1. The normalized spacial score (nSPS) is 10.6. The molecule has 3 N–H and O–H groups in total. The van der Waals surface area contributed by atoms with E-state index in [-0.39, 0.29) is 5.92 Å². The fraction of sp³-hybridized carbons (Fsp3) is 0.231. The molecule has 0 aliphatic carbocycles. The summed E-state index contributed by atoms with van der Waals surface area (Å²) < 4.78 is 6.84. The third-order valence-electron chi connectivity index (χ3n) is 2.40. The predicted octanol–water partition coefficient (Wildman–Crippen LogP) is 3.28. The van der Waals surface area contributed by atoms with Crippen molar-refractivity contribution in [2.24, 2.45) is 5.84 Å². The molecule has 0 saturated heterocycles. The summed E-state index contributed by atoms with van der Waals surface area (Å²) in [5, 5.41) is 0. The number of nitrogen functional groups attached to an aromatic ring is 1. The highest BCUT2D eigenvalue weighted by atomic mass is 127. The second-order valence-corrected chi connectivity index (χ2v) is 5.55. The molecule has 0 fully saturated rings. The van der Waals surface area contributed by atoms with Crippen LogP contribution in [-0.2, 0) is 0 Å². The van der Waals surface area contributed by atoms with Crippen molar-refractivity contribution in [2.45, 2.75) is 19.8 Å². The van der Waals surface area contributed by atoms with E-state index in [0.29, 0.717) is 17.5 Å². The van der Waals surface area contributed by atoms with E-state index in [1.165, 1.54) is 0 Å². The van der Waals surface area contributed by atoms with Crippen molar-refractivity contribution in [3.05, 3.63) is 39.7 Å². The third-order valence-corrected chi connectivity index (χ3v) is 3.07. The molecule has 0 spiro atoms. The molecule has 0 unspecified atom stereocenters. The summed E-state index contributed by atoms with van der Waals surface area (Å²) in [6.07, 6.45) is 0. The van der Waals surface area contributed by atoms with Crippen LogP contribution in [0.2, 0.25) is 0 Å². The van der Waals surface area contributed by atoms with Gasteiger partial charge in [0.25, 0.3) is 0 Å². The minimum Gasteiger partial charge on any atom is -0.439 e. The van der Waals surface area contributed by atoms with Gasteiger partial charge >= 0.3 is 0 Å². The van der Waals surface area contributed by atoms with Gasteiger partial charge in [-0.15, -0.1) is 0 Å². The zero-order valence-electron chi connectivity index (χ0n) is 10.7. The molecule has 5 nitrogen and oxygen atoms in total. The quantitative estimate of drug-likeness (QED) is 0.491. The van der Waals surface area contributed by atoms with Crippen LogP contribution >= 0.6 is 22.6 Å². The lowest BCUT2D eigenvalue weighted by atomic mass is 10.2. The molecule has 100 valence electrons. The number of ether oxygens (including phenoxy) is 1. The number of hydrogen-bond acceptors (Lipinski definition) is 5. The summed E-state index contributed by atoms with van der Waals surface area (Å²) in [5.41, 5.74) is 2.53. The Hall–Kier alpha value is -1.41. The standard InChI is InChI=1S/C13H15IN4O/c1-8(2)13-16-11(18-15)7-12(17-13)19-10-5-3-4-9(14)6-10/h3-8H,15H2,1-2H3,(H,16,17,18). The van der Waals surface area contributed by atoms with Gasteiger partial charge in [-0.05, 0) is 40.8 Å². The van der Waals surface area contributed by atoms with Crippen molar-refractivity contribution in [2.75, 3.05) is 5.43 Å². The maximum atomic E-state index is 5.74. The molecule has 1 heterocycles. The van der Waals surface area contributed by atoms with E-state index < -0.39 is 0 Å². The first-order valence-corrected chi connectivity index (χ1v) is 6.95. The number of rotatable bonds is 4. The molecule has 2 aromatic rings. The average Bonchev–Trinajstić information content (AvgIpc) is 2.38. The number of aromatic nitrogens is 2. The minimum absolute atomic E-state index is 0.201. The number of benzene rings is 1. The Kier molecular flexibility index (Phi) is 4.54. The van der Waals surface area contributed by atoms with Gasteiger partial charge in [0.2, 0.25) is 5.88 Å². The van der Waals surface area contributed by atoms with Crippen LogP contribution in [0.4, 0.5) is 5.82 Å². The Labute approximate surface area is 125 Å². The van der Waals surface area contributed by atoms with E-state index in [1.807, 2.05) is 38.1 Å². The van der Waals surface area contributed by atoms with Crippen LogP contribution in [0.15, 0.2) is 30.3 Å². The van der Waals surface area contributed by atoms with Crippen LogP contribution < -0.4 is 16.0 Å². The highest BCUT2D eigenvalue weighted by Gasteiger charge is 2.09. The van der Waals surface area contributed by atoms with Crippen molar-refractivity contribution in [3.63, 3.8) is 0 Å². The van der Waals surface area contributed by atoms with E-state index in [2.05, 4.69) is 38.0 Å². The van der Waals surface area contributed by atoms with Crippen LogP contribution in [0, 0.1) is 3.57 Å². The first kappa shape index (κ1) is 14.0. The van der Waals surface area contributed by atoms with Crippen molar-refractivity contribution >= 4 is 28.4 Å². The zero-order chi connectivity index (χ0) is 13.8. The van der Waals surface area contributed by atoms with Gasteiger partial charge in [0.05, 0.1) is 0 Å². The van der Waals surface area contributed by atoms with Gasteiger partial charge in [0, 0.05) is 15.6 Å². The maximum absolute atomic E-state index is 5.74. The van der Waals surface area contributed by atoms with Crippen LogP contribution in [-0.4, -0.2) is 9.97 Å². The Morgan fingerprint density at radius 2 is 2.05 bits per heavy atom. The fourth-order valence-electron chi connectivity index (χ4n) is 1.48. The van der Waals surface area contributed by atoms with Gasteiger partial charge in [-0.2, -0.15) is 4.98 Å². The summed E-state index contributed by atoms with van der Waals surface area (Å²) in [5.74, 6) is 8.06. The zero-order valence-corrected chi connectivity index (χ0v) is 12.9. The molecule has 2 rings (SSSR count). The molecule has 19 heavy (non-hydrogen) atoms. The van der Waals surface area contributed by atoms with E-state index in [1.54, 1.807) is 6.07 Å². The molecular weight excluding hydrogens is 355 g/mol. The topological polar surface area (TPSA) is 73.1 Å². The lowest BCUT2D eigenvalue weighted by molar-refractivity contribution is 0.457. The lowest BCUT2D eigenvalue weighted by Crippen LogP contribution is -2.11. The fourth-order valence-corrected chi connectivity index (χ4v) is 1.99. The molecule has 0 bridgehead atoms. The summed E-state index contributed by atoms with van der Waals surface area (Å²) in [7, 11) is 0. The predicted molar refractivity (Wildman–Crippen MR) is 83.2 cm³/mol. The van der Waals surface area contributed by atoms with Crippen molar-refractivity contribution in [3.8, 4) is 11.6 Å². The SMILES string of the molecule is CC(C)c1nc(NN)cc(Oc2cccc(I)c2)n1. The Bertz CT molecular complexity index is 574. The molecule has 6 heteroatoms. The summed E-state index contributed by atoms with van der Waals surface area (Å²) in [4.78, 5) is 8.66. The van der Waals surface area contributed by atoms with Gasteiger partial charge in [-0.1, -0.05) is 19.9 Å². The molecule has 0 radical (unpaired) electrons. The van der Waals surface area contributed by atoms with Crippen LogP contribution in [0.25, 0.3) is 0 Å². The summed E-state index contributed by atoms with van der Waals surface area (Å²) in [6, 6.07) is 9.43. The van der Waals surface area contributed by atoms with Gasteiger partial charge in [0.1, 0.15) is 17.4 Å². The number of halogens is 1. The van der Waals surface area contributed by atoms with Crippen molar-refractivity contribution in [1.29, 1.82) is 0 Å². The first-order valence-electron chi connectivity index (χ1n) is 5.87. The molecule has 0 amide bonds. The number of anilines is 1. The first-order chi connectivity index (χ1) is 9.08. The maximum Gasteiger partial charge on any atom is 0.224 e. The molecule has 1 aromatic heterocycles. The molecule has 1 aromatic carbocycles. The van der Waals surface area contributed by atoms with E-state index >= 15 is 0 Å². The lowest BCUT2D eigenvalue weighted by Gasteiger charge is -2.10. The molecule has 0 saturated carbocycles. The largest absolute Gasteiger partial charge is 0.439 e. The third kappa shape index (κ3) is 3.77. The molecule has 0 aliphatic heterocycles. The highest BCUT2D eigenvalue weighted by Crippen LogP contribution is 2.24. The number of nitrogens with one attached hydrogen (secondary N) is 1. The Morgan fingerprint density at radius 1 is 1.26 bits per heavy atom. The van der Waals surface area contributed by atoms with Gasteiger partial charge in [-0.3, -0.25) is 0 Å². The number of hydrogen-bond donors (Lipinski definition) is 2. The van der Waals surface area contributed by atoms with Crippen LogP contribution in [0.1, 0.15) is 25.6 Å². The number of nitrogens with zero attached hydrogens (tertiary/aromatic N) is 2. The Morgan fingerprint density at radius 3 is 2.68 bits per heavy atom. The summed E-state index contributed by atoms with van der Waals surface area (Å²) >= 11 is 2.23. The molecule has 0 atom stereocenters. The summed E-state index contributed by atoms with van der Waals surface area (Å²) in [6.45, 7) is 4.04. The minimum atomic E-state index is 0.201. The number of hydrazine groups is 1. The van der Waals surface area contributed by atoms with Gasteiger partial charge in [0.15, 0.2) is 0 Å². The molecule has 0 aliphatic rings. The van der Waals surface area contributed by atoms with Crippen molar-refractivity contribution in [1.82, 2.24) is 9.97 Å². The monoisotopic (exact) mass is 370 g/mol. The second-order valence-electron chi connectivity index (χ2n) is 4.31. The Balaban J connectivity index is 2.31.